The Morgan fingerprint density at radius 1 is 0.810 bits per heavy atom. The lowest BCUT2D eigenvalue weighted by Crippen LogP contribution is -2.54. The molecule has 5 aliphatic rings. The van der Waals surface area contributed by atoms with Gasteiger partial charge in [-0.25, -0.2) is 4.98 Å². The Labute approximate surface area is 335 Å². The normalized spacial score (nSPS) is 24.3. The standard InChI is InChI=1S/C45H46N6O7/c1-49-38-12-13-46-22-37(38)33-7-4-26(19-40(33)49)27-5-11-42(47-21-27)58-31-16-28(17-31)35-18-29(35)25-56-14-2-3-15-57-32-23-50(24-32)30-6-8-34-36(20-30)45(55)51(44(34)54)39-9-10-41(52)48-43(39)53/h4-8,11-13,19-22,28-29,31-32,35,39H,2-3,9-10,14-18,23-25H2,1H3,(H,48,52,53)/t28?,29-,31?,35-,39?/m0/s1. The van der Waals surface area contributed by atoms with Crippen molar-refractivity contribution in [3.63, 3.8) is 0 Å². The highest BCUT2D eigenvalue weighted by atomic mass is 16.5. The number of anilines is 1. The number of rotatable bonds is 14. The summed E-state index contributed by atoms with van der Waals surface area (Å²) in [6.45, 7) is 3.65. The molecule has 3 aliphatic heterocycles. The van der Waals surface area contributed by atoms with Crippen molar-refractivity contribution in [2.24, 2.45) is 24.8 Å². The number of hydrogen-bond donors (Lipinski definition) is 1. The lowest BCUT2D eigenvalue weighted by atomic mass is 9.78. The van der Waals surface area contributed by atoms with Crippen molar-refractivity contribution < 1.29 is 33.4 Å². The van der Waals surface area contributed by atoms with Gasteiger partial charge in [-0.1, -0.05) is 12.1 Å². The third-order valence-corrected chi connectivity index (χ3v) is 12.9. The molecule has 1 N–H and O–H groups in total. The third-order valence-electron chi connectivity index (χ3n) is 12.9. The summed E-state index contributed by atoms with van der Waals surface area (Å²) in [6.07, 6.45) is 11.6. The lowest BCUT2D eigenvalue weighted by Gasteiger charge is -2.40. The summed E-state index contributed by atoms with van der Waals surface area (Å²) in [7, 11) is 2.10. The zero-order chi connectivity index (χ0) is 39.5. The summed E-state index contributed by atoms with van der Waals surface area (Å²) in [5.41, 5.74) is 5.97. The molecule has 2 saturated heterocycles. The second-order valence-corrected chi connectivity index (χ2v) is 16.6. The number of aryl methyl sites for hydroxylation is 1. The molecule has 13 heteroatoms. The number of unbranched alkanes of at least 4 members (excludes halogenated alkanes) is 1. The average Bonchev–Trinajstić information content (AvgIpc) is 3.85. The van der Waals surface area contributed by atoms with E-state index in [1.54, 1.807) is 12.1 Å². The molecule has 0 bridgehead atoms. The molecule has 0 spiro atoms. The zero-order valence-electron chi connectivity index (χ0n) is 32.5. The number of aromatic nitrogens is 3. The van der Waals surface area contributed by atoms with E-state index in [0.717, 1.165) is 71.9 Å². The van der Waals surface area contributed by atoms with Crippen molar-refractivity contribution in [1.82, 2.24) is 24.8 Å². The minimum absolute atomic E-state index is 0.0958. The van der Waals surface area contributed by atoms with Crippen LogP contribution in [0, 0.1) is 17.8 Å². The van der Waals surface area contributed by atoms with Crippen LogP contribution in [0.2, 0.25) is 0 Å². The molecule has 4 fully saturated rings. The van der Waals surface area contributed by atoms with Gasteiger partial charge in [-0.05, 0) is 98.2 Å². The monoisotopic (exact) mass is 782 g/mol. The molecule has 298 valence electrons. The van der Waals surface area contributed by atoms with Gasteiger partial charge in [-0.2, -0.15) is 0 Å². The Balaban J connectivity index is 0.592. The first-order chi connectivity index (χ1) is 28.3. The summed E-state index contributed by atoms with van der Waals surface area (Å²) >= 11 is 0. The number of imide groups is 2. The fraction of sp³-hybridized carbons (Fsp3) is 0.422. The van der Waals surface area contributed by atoms with E-state index in [1.807, 2.05) is 30.7 Å². The summed E-state index contributed by atoms with van der Waals surface area (Å²) < 4.78 is 20.6. The van der Waals surface area contributed by atoms with E-state index in [9.17, 15) is 19.2 Å². The molecule has 1 unspecified atom stereocenters. The van der Waals surface area contributed by atoms with Crippen LogP contribution in [0.15, 0.2) is 73.2 Å². The predicted octanol–water partition coefficient (Wildman–Crippen LogP) is 5.69. The predicted molar refractivity (Wildman–Crippen MR) is 215 cm³/mol. The van der Waals surface area contributed by atoms with Gasteiger partial charge in [0.1, 0.15) is 12.1 Å². The molecule has 10 rings (SSSR count). The van der Waals surface area contributed by atoms with Gasteiger partial charge in [0.05, 0.1) is 22.7 Å². The fourth-order valence-electron chi connectivity index (χ4n) is 9.32. The Morgan fingerprint density at radius 2 is 1.64 bits per heavy atom. The first kappa shape index (κ1) is 36.7. The van der Waals surface area contributed by atoms with Crippen molar-refractivity contribution in [3.8, 4) is 17.0 Å². The Kier molecular flexibility index (Phi) is 9.44. The molecule has 6 heterocycles. The van der Waals surface area contributed by atoms with E-state index >= 15 is 0 Å². The highest BCUT2D eigenvalue weighted by Crippen LogP contribution is 2.52. The average molecular weight is 783 g/mol. The number of nitrogens with one attached hydrogen (secondary N) is 1. The summed E-state index contributed by atoms with van der Waals surface area (Å²) in [5.74, 6) is 0.818. The molecule has 4 amide bonds. The molecule has 3 atom stereocenters. The number of amides is 4. The highest BCUT2D eigenvalue weighted by molar-refractivity contribution is 6.23. The van der Waals surface area contributed by atoms with Crippen LogP contribution in [0.5, 0.6) is 5.88 Å². The first-order valence-corrected chi connectivity index (χ1v) is 20.5. The maximum absolute atomic E-state index is 13.2. The number of ether oxygens (including phenoxy) is 3. The van der Waals surface area contributed by atoms with Crippen LogP contribution >= 0.6 is 0 Å². The lowest BCUT2D eigenvalue weighted by molar-refractivity contribution is -0.136. The molecule has 5 aromatic rings. The number of fused-ring (bicyclic) bond motifs is 4. The highest BCUT2D eigenvalue weighted by Gasteiger charge is 2.49. The van der Waals surface area contributed by atoms with E-state index in [4.69, 9.17) is 14.2 Å². The van der Waals surface area contributed by atoms with Crippen LogP contribution in [0.4, 0.5) is 5.69 Å². The van der Waals surface area contributed by atoms with Gasteiger partial charge >= 0.3 is 0 Å². The Hall–Kier alpha value is -5.66. The largest absolute Gasteiger partial charge is 0.474 e. The van der Waals surface area contributed by atoms with Crippen LogP contribution in [-0.2, 0) is 26.1 Å². The summed E-state index contributed by atoms with van der Waals surface area (Å²) in [6, 6.07) is 16.9. The zero-order valence-corrected chi connectivity index (χ0v) is 32.5. The SMILES string of the molecule is Cn1c2ccncc2c2ccc(-c3ccc(OC4CC([C@@H]5C[C@H]5COCCCCOC5CN(c6ccc7c(c6)C(=O)N(C6CCC(=O)NC6=O)C7=O)C5)C4)nc3)cc21. The Bertz CT molecular complexity index is 2440. The molecule has 2 aromatic carbocycles. The number of piperidine rings is 1. The second kappa shape index (κ2) is 14.9. The van der Waals surface area contributed by atoms with Crippen molar-refractivity contribution >= 4 is 51.1 Å². The van der Waals surface area contributed by atoms with Gasteiger partial charge in [0.15, 0.2) is 0 Å². The van der Waals surface area contributed by atoms with Crippen LogP contribution in [-0.4, -0.2) is 94.2 Å². The van der Waals surface area contributed by atoms with Crippen LogP contribution in [0.3, 0.4) is 0 Å². The van der Waals surface area contributed by atoms with Crippen molar-refractivity contribution in [2.45, 2.75) is 63.2 Å². The van der Waals surface area contributed by atoms with Crippen LogP contribution in [0.25, 0.3) is 32.9 Å². The van der Waals surface area contributed by atoms with Crippen molar-refractivity contribution in [3.05, 3.63) is 84.3 Å². The Morgan fingerprint density at radius 3 is 2.47 bits per heavy atom. The van der Waals surface area contributed by atoms with Gasteiger partial charge in [0.25, 0.3) is 11.8 Å². The molecule has 2 saturated carbocycles. The van der Waals surface area contributed by atoms with Gasteiger partial charge in [-0.3, -0.25) is 34.4 Å². The maximum atomic E-state index is 13.2. The molecule has 3 aromatic heterocycles. The van der Waals surface area contributed by atoms with Gasteiger partial charge < -0.3 is 23.7 Å². The molecule has 0 radical (unpaired) electrons. The topological polar surface area (TPSA) is 145 Å². The molecule has 13 nitrogen and oxygen atoms in total. The minimum atomic E-state index is -0.966. The van der Waals surface area contributed by atoms with E-state index < -0.39 is 29.7 Å². The number of pyridine rings is 2. The van der Waals surface area contributed by atoms with Gasteiger partial charge in [0.2, 0.25) is 17.7 Å². The molecule has 58 heavy (non-hydrogen) atoms. The summed E-state index contributed by atoms with van der Waals surface area (Å²) in [5, 5.41) is 4.60. The van der Waals surface area contributed by atoms with E-state index in [-0.39, 0.29) is 30.6 Å². The van der Waals surface area contributed by atoms with E-state index in [1.165, 1.54) is 22.8 Å². The van der Waals surface area contributed by atoms with Crippen molar-refractivity contribution in [1.29, 1.82) is 0 Å². The minimum Gasteiger partial charge on any atom is -0.474 e. The quantitative estimate of drug-likeness (QED) is 0.110. The molecular formula is C45H46N6O7. The maximum Gasteiger partial charge on any atom is 0.262 e. The van der Waals surface area contributed by atoms with Gasteiger partial charge in [0, 0.05) is 98.6 Å². The van der Waals surface area contributed by atoms with E-state index in [0.29, 0.717) is 43.0 Å². The van der Waals surface area contributed by atoms with Crippen molar-refractivity contribution in [2.75, 3.05) is 37.8 Å². The van der Waals surface area contributed by atoms with Crippen LogP contribution in [0.1, 0.15) is 65.7 Å². The fourth-order valence-corrected chi connectivity index (χ4v) is 9.32. The van der Waals surface area contributed by atoms with E-state index in [2.05, 4.69) is 62.1 Å². The second-order valence-electron chi connectivity index (χ2n) is 16.6. The number of nitrogens with zero attached hydrogens (tertiary/aromatic N) is 5. The third kappa shape index (κ3) is 6.79. The first-order valence-electron chi connectivity index (χ1n) is 20.5. The van der Waals surface area contributed by atoms with Crippen LogP contribution < -0.4 is 15.0 Å². The number of hydrogen-bond acceptors (Lipinski definition) is 10. The molecule has 2 aliphatic carbocycles. The molecular weight excluding hydrogens is 737 g/mol. The summed E-state index contributed by atoms with van der Waals surface area (Å²) in [4.78, 5) is 62.1. The number of benzene rings is 2. The number of carbonyl (C=O) groups excluding carboxylic acids is 4. The van der Waals surface area contributed by atoms with Gasteiger partial charge in [-0.15, -0.1) is 0 Å². The number of carbonyl (C=O) groups is 4. The smallest absolute Gasteiger partial charge is 0.262 e.